The molecule has 1 atom stereocenters. The lowest BCUT2D eigenvalue weighted by Crippen LogP contribution is -2.16. The number of carbonyl (C=O) groups is 1. The summed E-state index contributed by atoms with van der Waals surface area (Å²) in [6, 6.07) is 17.7. The Kier molecular flexibility index (Phi) is 7.89. The van der Waals surface area contributed by atoms with E-state index in [0.717, 1.165) is 36.0 Å². The molecule has 1 N–H and O–H groups in total. The first kappa shape index (κ1) is 19.7. The van der Waals surface area contributed by atoms with Crippen LogP contribution in [0.4, 0.5) is 0 Å². The Balaban J connectivity index is 2.00. The number of carboxylic acid groups (broad SMARTS) is 1. The van der Waals surface area contributed by atoms with E-state index < -0.39 is 5.97 Å². The second-order valence-electron chi connectivity index (χ2n) is 6.80. The highest BCUT2D eigenvalue weighted by Crippen LogP contribution is 2.25. The van der Waals surface area contributed by atoms with Crippen molar-refractivity contribution in [2.75, 3.05) is 0 Å². The molecule has 0 fully saturated rings. The van der Waals surface area contributed by atoms with Crippen LogP contribution < -0.4 is 0 Å². The maximum Gasteiger partial charge on any atom is 0.306 e. The quantitative estimate of drug-likeness (QED) is 0.549. The Morgan fingerprint density at radius 3 is 2.38 bits per heavy atom. The van der Waals surface area contributed by atoms with Gasteiger partial charge in [0.2, 0.25) is 0 Å². The summed E-state index contributed by atoms with van der Waals surface area (Å²) in [5, 5.41) is 18.7. The highest BCUT2D eigenvalue weighted by atomic mass is 16.4. The maximum atomic E-state index is 11.6. The van der Waals surface area contributed by atoms with Crippen molar-refractivity contribution in [1.82, 2.24) is 0 Å². The van der Waals surface area contributed by atoms with E-state index in [2.05, 4.69) is 13.0 Å². The molecule has 3 nitrogen and oxygen atoms in total. The number of nitriles is 1. The van der Waals surface area contributed by atoms with Gasteiger partial charge in [0.05, 0.1) is 17.6 Å². The molecule has 0 radical (unpaired) electrons. The molecule has 3 heteroatoms. The molecule has 2 aromatic rings. The second kappa shape index (κ2) is 10.4. The summed E-state index contributed by atoms with van der Waals surface area (Å²) >= 11 is 0. The zero-order chi connectivity index (χ0) is 18.8. The lowest BCUT2D eigenvalue weighted by molar-refractivity contribution is -0.142. The first-order valence-corrected chi connectivity index (χ1v) is 9.47. The molecule has 2 rings (SSSR count). The smallest absolute Gasteiger partial charge is 0.306 e. The number of aliphatic carboxylic acids is 1. The average Bonchev–Trinajstić information content (AvgIpc) is 2.67. The SMILES string of the molecule is CCCCCCCC(Cc1ccc(-c2ccccc2C#N)cc1)C(=O)O. The summed E-state index contributed by atoms with van der Waals surface area (Å²) in [6.45, 7) is 2.18. The average molecular weight is 349 g/mol. The normalized spacial score (nSPS) is 11.7. The third kappa shape index (κ3) is 5.74. The van der Waals surface area contributed by atoms with Gasteiger partial charge in [-0.3, -0.25) is 4.79 Å². The van der Waals surface area contributed by atoms with Crippen molar-refractivity contribution in [2.45, 2.75) is 51.9 Å². The number of unbranched alkanes of at least 4 members (excludes halogenated alkanes) is 4. The zero-order valence-electron chi connectivity index (χ0n) is 15.4. The van der Waals surface area contributed by atoms with Crippen molar-refractivity contribution < 1.29 is 9.90 Å². The number of hydrogen-bond donors (Lipinski definition) is 1. The van der Waals surface area contributed by atoms with Crippen molar-refractivity contribution in [2.24, 2.45) is 5.92 Å². The van der Waals surface area contributed by atoms with E-state index in [1.807, 2.05) is 48.5 Å². The van der Waals surface area contributed by atoms with E-state index in [-0.39, 0.29) is 5.92 Å². The van der Waals surface area contributed by atoms with Crippen molar-refractivity contribution in [1.29, 1.82) is 5.26 Å². The predicted octanol–water partition coefficient (Wildman–Crippen LogP) is 5.83. The van der Waals surface area contributed by atoms with Crippen LogP contribution in [0.15, 0.2) is 48.5 Å². The monoisotopic (exact) mass is 349 g/mol. The summed E-state index contributed by atoms with van der Waals surface area (Å²) in [5.74, 6) is -1.03. The number of carboxylic acids is 1. The molecule has 0 saturated carbocycles. The van der Waals surface area contributed by atoms with E-state index in [9.17, 15) is 15.2 Å². The van der Waals surface area contributed by atoms with Gasteiger partial charge in [-0.2, -0.15) is 5.26 Å². The number of hydrogen-bond acceptors (Lipinski definition) is 2. The van der Waals surface area contributed by atoms with Gasteiger partial charge in [0.25, 0.3) is 0 Å². The molecule has 26 heavy (non-hydrogen) atoms. The minimum Gasteiger partial charge on any atom is -0.481 e. The molecule has 1 unspecified atom stereocenters. The predicted molar refractivity (Wildman–Crippen MR) is 105 cm³/mol. The van der Waals surface area contributed by atoms with Gasteiger partial charge >= 0.3 is 5.97 Å². The van der Waals surface area contributed by atoms with Crippen LogP contribution in [-0.2, 0) is 11.2 Å². The van der Waals surface area contributed by atoms with Gasteiger partial charge in [-0.25, -0.2) is 0 Å². The van der Waals surface area contributed by atoms with Crippen LogP contribution in [0.1, 0.15) is 56.6 Å². The van der Waals surface area contributed by atoms with Crippen LogP contribution in [0.25, 0.3) is 11.1 Å². The van der Waals surface area contributed by atoms with Crippen LogP contribution in [0.5, 0.6) is 0 Å². The Morgan fingerprint density at radius 1 is 1.04 bits per heavy atom. The van der Waals surface area contributed by atoms with Gasteiger partial charge in [0, 0.05) is 0 Å². The summed E-state index contributed by atoms with van der Waals surface area (Å²) < 4.78 is 0. The highest BCUT2D eigenvalue weighted by Gasteiger charge is 2.17. The molecular formula is C23H27NO2. The topological polar surface area (TPSA) is 61.1 Å². The third-order valence-corrected chi connectivity index (χ3v) is 4.80. The largest absolute Gasteiger partial charge is 0.481 e. The zero-order valence-corrected chi connectivity index (χ0v) is 15.4. The van der Waals surface area contributed by atoms with Gasteiger partial charge in [-0.15, -0.1) is 0 Å². The fourth-order valence-electron chi connectivity index (χ4n) is 3.24. The Morgan fingerprint density at radius 2 is 1.73 bits per heavy atom. The van der Waals surface area contributed by atoms with E-state index in [0.29, 0.717) is 12.0 Å². The first-order chi connectivity index (χ1) is 12.7. The van der Waals surface area contributed by atoms with Crippen LogP contribution in [0.3, 0.4) is 0 Å². The molecule has 0 aliphatic carbocycles. The summed E-state index contributed by atoms with van der Waals surface area (Å²) in [4.78, 5) is 11.6. The van der Waals surface area contributed by atoms with E-state index in [1.54, 1.807) is 0 Å². The maximum absolute atomic E-state index is 11.6. The number of benzene rings is 2. The first-order valence-electron chi connectivity index (χ1n) is 9.47. The van der Waals surface area contributed by atoms with Crippen molar-refractivity contribution in [3.05, 3.63) is 59.7 Å². The molecule has 0 bridgehead atoms. The number of rotatable bonds is 10. The summed E-state index contributed by atoms with van der Waals surface area (Å²) in [7, 11) is 0. The lowest BCUT2D eigenvalue weighted by atomic mass is 9.92. The minimum atomic E-state index is -0.709. The van der Waals surface area contributed by atoms with E-state index in [4.69, 9.17) is 0 Å². The molecule has 0 aromatic heterocycles. The van der Waals surface area contributed by atoms with Crippen molar-refractivity contribution in [3.8, 4) is 17.2 Å². The van der Waals surface area contributed by atoms with Gasteiger partial charge in [0.1, 0.15) is 0 Å². The lowest BCUT2D eigenvalue weighted by Gasteiger charge is -2.13. The molecule has 136 valence electrons. The van der Waals surface area contributed by atoms with Crippen molar-refractivity contribution >= 4 is 5.97 Å². The molecule has 0 aliphatic rings. The van der Waals surface area contributed by atoms with Crippen LogP contribution in [0, 0.1) is 17.2 Å². The summed E-state index contributed by atoms with van der Waals surface area (Å²) in [6.07, 6.45) is 7.00. The van der Waals surface area contributed by atoms with Crippen molar-refractivity contribution in [3.63, 3.8) is 0 Å². The molecule has 0 aliphatic heterocycles. The minimum absolute atomic E-state index is 0.325. The van der Waals surface area contributed by atoms with Gasteiger partial charge in [-0.1, -0.05) is 81.5 Å². The van der Waals surface area contributed by atoms with Gasteiger partial charge in [-0.05, 0) is 35.6 Å². The Labute approximate surface area is 156 Å². The van der Waals surface area contributed by atoms with Crippen LogP contribution in [0.2, 0.25) is 0 Å². The van der Waals surface area contributed by atoms with Gasteiger partial charge < -0.3 is 5.11 Å². The second-order valence-corrected chi connectivity index (χ2v) is 6.80. The van der Waals surface area contributed by atoms with E-state index in [1.165, 1.54) is 19.3 Å². The molecule has 0 spiro atoms. The highest BCUT2D eigenvalue weighted by molar-refractivity contribution is 5.72. The Bertz CT molecular complexity index is 744. The fourth-order valence-corrected chi connectivity index (χ4v) is 3.24. The third-order valence-electron chi connectivity index (χ3n) is 4.80. The fraction of sp³-hybridized carbons (Fsp3) is 0.391. The standard InChI is InChI=1S/C23H27NO2/c1-2-3-4-5-6-9-20(23(25)26)16-18-12-14-19(15-13-18)22-11-8-7-10-21(22)17-24/h7-8,10-15,20H,2-6,9,16H2,1H3,(H,25,26). The Hall–Kier alpha value is -2.60. The number of nitrogens with zero attached hydrogens (tertiary/aromatic N) is 1. The summed E-state index contributed by atoms with van der Waals surface area (Å²) in [5.41, 5.74) is 3.57. The van der Waals surface area contributed by atoms with Gasteiger partial charge in [0.15, 0.2) is 0 Å². The molecule has 2 aromatic carbocycles. The molecular weight excluding hydrogens is 322 g/mol. The van der Waals surface area contributed by atoms with E-state index >= 15 is 0 Å². The molecule has 0 heterocycles. The molecule has 0 amide bonds. The van der Waals surface area contributed by atoms with Crippen LogP contribution in [-0.4, -0.2) is 11.1 Å². The molecule has 0 saturated heterocycles. The van der Waals surface area contributed by atoms with Crippen LogP contribution >= 0.6 is 0 Å².